The van der Waals surface area contributed by atoms with E-state index in [1.807, 2.05) is 0 Å². The van der Waals surface area contributed by atoms with Gasteiger partial charge in [0.05, 0.1) is 0 Å². The first kappa shape index (κ1) is 16.8. The van der Waals surface area contributed by atoms with Crippen LogP contribution in [0.4, 0.5) is 0 Å². The lowest BCUT2D eigenvalue weighted by Crippen LogP contribution is -1.88. The van der Waals surface area contributed by atoms with E-state index < -0.39 is 0 Å². The van der Waals surface area contributed by atoms with Gasteiger partial charge < -0.3 is 0 Å². The molecule has 0 amide bonds. The summed E-state index contributed by atoms with van der Waals surface area (Å²) in [4.78, 5) is 4.59. The molecule has 0 aliphatic carbocycles. The van der Waals surface area contributed by atoms with E-state index in [9.17, 15) is 0 Å². The number of rotatable bonds is 6. The van der Waals surface area contributed by atoms with Crippen molar-refractivity contribution in [3.63, 3.8) is 0 Å². The third-order valence-corrected chi connectivity index (χ3v) is 5.03. The van der Waals surface area contributed by atoms with Gasteiger partial charge in [0.2, 0.25) is 5.16 Å². The maximum Gasteiger partial charge on any atom is 0.209 e. The van der Waals surface area contributed by atoms with Crippen molar-refractivity contribution >= 4 is 11.8 Å². The minimum absolute atomic E-state index is 0.571. The molecule has 0 aliphatic heterocycles. The molecule has 0 bridgehead atoms. The molecule has 0 atom stereocenters. The van der Waals surface area contributed by atoms with Crippen LogP contribution in [0, 0.1) is 0 Å². The second kappa shape index (κ2) is 7.67. The van der Waals surface area contributed by atoms with Crippen molar-refractivity contribution in [2.75, 3.05) is 0 Å². The molecule has 0 spiro atoms. The first-order chi connectivity index (χ1) is 11.7. The lowest BCUT2D eigenvalue weighted by Gasteiger charge is -2.05. The highest BCUT2D eigenvalue weighted by molar-refractivity contribution is 7.98. The molecular formula is C20H23N3S. The van der Waals surface area contributed by atoms with E-state index in [4.69, 9.17) is 0 Å². The van der Waals surface area contributed by atoms with Crippen LogP contribution in [-0.4, -0.2) is 15.2 Å². The summed E-state index contributed by atoms with van der Waals surface area (Å²) in [5.74, 6) is 2.28. The minimum Gasteiger partial charge on any atom is -0.258 e. The zero-order valence-electron chi connectivity index (χ0n) is 14.4. The average Bonchev–Trinajstić information content (AvgIpc) is 3.09. The SMILES string of the molecule is CCc1ccc(-c2nc(SCc3ccc(C(C)C)cc3)n[nH]2)cc1. The predicted octanol–water partition coefficient (Wildman–Crippen LogP) is 5.45. The number of benzene rings is 2. The number of aryl methyl sites for hydroxylation is 1. The molecule has 24 heavy (non-hydrogen) atoms. The topological polar surface area (TPSA) is 41.6 Å². The molecule has 1 N–H and O–H groups in total. The Bertz CT molecular complexity index is 773. The van der Waals surface area contributed by atoms with Gasteiger partial charge in [-0.15, -0.1) is 5.10 Å². The van der Waals surface area contributed by atoms with E-state index in [1.54, 1.807) is 11.8 Å². The summed E-state index contributed by atoms with van der Waals surface area (Å²) in [5.41, 5.74) is 5.08. The Labute approximate surface area is 147 Å². The number of thioether (sulfide) groups is 1. The molecule has 1 heterocycles. The first-order valence-corrected chi connectivity index (χ1v) is 9.37. The molecule has 0 saturated carbocycles. The van der Waals surface area contributed by atoms with E-state index in [-0.39, 0.29) is 0 Å². The van der Waals surface area contributed by atoms with Crippen LogP contribution in [0.2, 0.25) is 0 Å². The molecule has 2 aromatic carbocycles. The number of aromatic nitrogens is 3. The van der Waals surface area contributed by atoms with Crippen molar-refractivity contribution in [1.82, 2.24) is 15.2 Å². The number of nitrogens with zero attached hydrogens (tertiary/aromatic N) is 2. The Morgan fingerprint density at radius 3 is 2.25 bits per heavy atom. The summed E-state index contributed by atoms with van der Waals surface area (Å²) in [6.45, 7) is 6.59. The fourth-order valence-electron chi connectivity index (χ4n) is 2.49. The number of hydrogen-bond acceptors (Lipinski definition) is 3. The lowest BCUT2D eigenvalue weighted by molar-refractivity contribution is 0.866. The summed E-state index contributed by atoms with van der Waals surface area (Å²) in [6, 6.07) is 17.3. The Morgan fingerprint density at radius 2 is 1.62 bits per heavy atom. The summed E-state index contributed by atoms with van der Waals surface area (Å²) in [6.07, 6.45) is 1.05. The van der Waals surface area contributed by atoms with Gasteiger partial charge in [-0.25, -0.2) is 4.98 Å². The summed E-state index contributed by atoms with van der Waals surface area (Å²) < 4.78 is 0. The second-order valence-corrected chi connectivity index (χ2v) is 7.14. The molecule has 0 radical (unpaired) electrons. The van der Waals surface area contributed by atoms with Gasteiger partial charge in [0, 0.05) is 11.3 Å². The zero-order chi connectivity index (χ0) is 16.9. The lowest BCUT2D eigenvalue weighted by atomic mass is 10.0. The zero-order valence-corrected chi connectivity index (χ0v) is 15.2. The standard InChI is InChI=1S/C20H23N3S/c1-4-15-5-11-18(12-6-15)19-21-20(23-22-19)24-13-16-7-9-17(10-8-16)14(2)3/h5-12,14H,4,13H2,1-3H3,(H,21,22,23). The quantitative estimate of drug-likeness (QED) is 0.608. The largest absolute Gasteiger partial charge is 0.258 e. The van der Waals surface area contributed by atoms with E-state index in [1.165, 1.54) is 16.7 Å². The highest BCUT2D eigenvalue weighted by Gasteiger charge is 2.07. The van der Waals surface area contributed by atoms with Crippen LogP contribution in [0.5, 0.6) is 0 Å². The number of H-pyrrole nitrogens is 1. The van der Waals surface area contributed by atoms with Crippen LogP contribution in [0.3, 0.4) is 0 Å². The number of hydrogen-bond donors (Lipinski definition) is 1. The van der Waals surface area contributed by atoms with Gasteiger partial charge in [0.1, 0.15) is 0 Å². The van der Waals surface area contributed by atoms with Crippen LogP contribution in [0.15, 0.2) is 53.7 Å². The van der Waals surface area contributed by atoms with Gasteiger partial charge in [-0.05, 0) is 29.0 Å². The average molecular weight is 337 g/mol. The minimum atomic E-state index is 0.571. The first-order valence-electron chi connectivity index (χ1n) is 8.39. The molecule has 4 heteroatoms. The Balaban J connectivity index is 1.63. The smallest absolute Gasteiger partial charge is 0.209 e. The molecule has 124 valence electrons. The molecule has 0 saturated heterocycles. The fourth-order valence-corrected chi connectivity index (χ4v) is 3.24. The third-order valence-electron chi connectivity index (χ3n) is 4.11. The normalized spacial score (nSPS) is 11.2. The monoisotopic (exact) mass is 337 g/mol. The van der Waals surface area contributed by atoms with E-state index in [2.05, 4.69) is 84.5 Å². The number of aromatic amines is 1. The number of nitrogens with one attached hydrogen (secondary N) is 1. The molecule has 3 aromatic rings. The van der Waals surface area contributed by atoms with Crippen molar-refractivity contribution < 1.29 is 0 Å². The van der Waals surface area contributed by atoms with Gasteiger partial charge in [0.25, 0.3) is 0 Å². The summed E-state index contributed by atoms with van der Waals surface area (Å²) >= 11 is 1.66. The molecule has 0 unspecified atom stereocenters. The van der Waals surface area contributed by atoms with Crippen molar-refractivity contribution in [3.8, 4) is 11.4 Å². The van der Waals surface area contributed by atoms with Crippen LogP contribution >= 0.6 is 11.8 Å². The van der Waals surface area contributed by atoms with Crippen LogP contribution < -0.4 is 0 Å². The van der Waals surface area contributed by atoms with Crippen molar-refractivity contribution in [2.24, 2.45) is 0 Å². The molecule has 3 nitrogen and oxygen atoms in total. The van der Waals surface area contributed by atoms with Crippen LogP contribution in [0.1, 0.15) is 43.4 Å². The molecule has 0 aliphatic rings. The van der Waals surface area contributed by atoms with E-state index >= 15 is 0 Å². The van der Waals surface area contributed by atoms with Gasteiger partial charge in [0.15, 0.2) is 5.82 Å². The molecular weight excluding hydrogens is 314 g/mol. The summed E-state index contributed by atoms with van der Waals surface area (Å²) in [7, 11) is 0. The third kappa shape index (κ3) is 4.06. The molecule has 1 aromatic heterocycles. The van der Waals surface area contributed by atoms with Crippen LogP contribution in [0.25, 0.3) is 11.4 Å². The molecule has 3 rings (SSSR count). The Kier molecular flexibility index (Phi) is 5.36. The molecule has 0 fully saturated rings. The van der Waals surface area contributed by atoms with Gasteiger partial charge in [-0.2, -0.15) is 0 Å². The van der Waals surface area contributed by atoms with Crippen molar-refractivity contribution in [2.45, 2.75) is 44.0 Å². The van der Waals surface area contributed by atoms with Crippen LogP contribution in [-0.2, 0) is 12.2 Å². The highest BCUT2D eigenvalue weighted by atomic mass is 32.2. The van der Waals surface area contributed by atoms with Gasteiger partial charge in [-0.1, -0.05) is 81.1 Å². The van der Waals surface area contributed by atoms with Crippen molar-refractivity contribution in [1.29, 1.82) is 0 Å². The Morgan fingerprint density at radius 1 is 0.958 bits per heavy atom. The maximum absolute atomic E-state index is 4.59. The summed E-state index contributed by atoms with van der Waals surface area (Å²) in [5, 5.41) is 8.15. The predicted molar refractivity (Wildman–Crippen MR) is 101 cm³/mol. The van der Waals surface area contributed by atoms with E-state index in [0.29, 0.717) is 5.92 Å². The fraction of sp³-hybridized carbons (Fsp3) is 0.300. The Hall–Kier alpha value is -2.07. The van der Waals surface area contributed by atoms with Gasteiger partial charge >= 0.3 is 0 Å². The maximum atomic E-state index is 4.59. The second-order valence-electron chi connectivity index (χ2n) is 6.20. The van der Waals surface area contributed by atoms with Gasteiger partial charge in [-0.3, -0.25) is 5.10 Å². The van der Waals surface area contributed by atoms with Crippen molar-refractivity contribution in [3.05, 3.63) is 65.2 Å². The highest BCUT2D eigenvalue weighted by Crippen LogP contribution is 2.23. The van der Waals surface area contributed by atoms with E-state index in [0.717, 1.165) is 28.7 Å².